The van der Waals surface area contributed by atoms with E-state index in [2.05, 4.69) is 26.0 Å². The standard InChI is InChI=1S/C12H17O/c1-11(2)10-13-9-8-12-6-4-3-5-7-12/h3-7,9,11H,8,10H2,1-2H3. The van der Waals surface area contributed by atoms with Crippen molar-refractivity contribution >= 4 is 0 Å². The first-order valence-electron chi connectivity index (χ1n) is 4.76. The highest BCUT2D eigenvalue weighted by molar-refractivity contribution is 5.15. The number of hydrogen-bond acceptors (Lipinski definition) is 1. The molecule has 0 aliphatic heterocycles. The van der Waals surface area contributed by atoms with Gasteiger partial charge in [0.1, 0.15) is 0 Å². The summed E-state index contributed by atoms with van der Waals surface area (Å²) in [5, 5.41) is 0. The van der Waals surface area contributed by atoms with Crippen molar-refractivity contribution in [2.45, 2.75) is 20.3 Å². The van der Waals surface area contributed by atoms with Crippen LogP contribution in [-0.2, 0) is 11.2 Å². The van der Waals surface area contributed by atoms with E-state index in [1.807, 2.05) is 24.8 Å². The molecule has 0 heterocycles. The molecule has 0 atom stereocenters. The van der Waals surface area contributed by atoms with E-state index in [0.29, 0.717) is 5.92 Å². The third-order valence-electron chi connectivity index (χ3n) is 1.71. The second kappa shape index (κ2) is 5.76. The summed E-state index contributed by atoms with van der Waals surface area (Å²) < 4.78 is 5.37. The molecule has 1 rings (SSSR count). The van der Waals surface area contributed by atoms with E-state index in [-0.39, 0.29) is 0 Å². The number of rotatable bonds is 5. The minimum Gasteiger partial charge on any atom is -0.375 e. The van der Waals surface area contributed by atoms with Crippen LogP contribution in [0, 0.1) is 12.5 Å². The van der Waals surface area contributed by atoms with Crippen molar-refractivity contribution in [3.8, 4) is 0 Å². The monoisotopic (exact) mass is 177 g/mol. The molecule has 13 heavy (non-hydrogen) atoms. The van der Waals surface area contributed by atoms with E-state index >= 15 is 0 Å². The zero-order valence-corrected chi connectivity index (χ0v) is 8.36. The van der Waals surface area contributed by atoms with Crippen LogP contribution in [0.15, 0.2) is 30.3 Å². The first-order chi connectivity index (χ1) is 6.29. The number of ether oxygens (including phenoxy) is 1. The smallest absolute Gasteiger partial charge is 0.0880 e. The third kappa shape index (κ3) is 4.69. The van der Waals surface area contributed by atoms with Crippen molar-refractivity contribution in [2.75, 3.05) is 6.61 Å². The molecular weight excluding hydrogens is 160 g/mol. The van der Waals surface area contributed by atoms with Crippen LogP contribution in [0.5, 0.6) is 0 Å². The second-order valence-corrected chi connectivity index (χ2v) is 3.58. The molecule has 0 aliphatic rings. The van der Waals surface area contributed by atoms with E-state index in [1.165, 1.54) is 5.56 Å². The normalized spacial score (nSPS) is 10.7. The van der Waals surface area contributed by atoms with E-state index < -0.39 is 0 Å². The Morgan fingerprint density at radius 1 is 1.23 bits per heavy atom. The van der Waals surface area contributed by atoms with Gasteiger partial charge >= 0.3 is 0 Å². The van der Waals surface area contributed by atoms with Gasteiger partial charge in [0.25, 0.3) is 0 Å². The van der Waals surface area contributed by atoms with Crippen molar-refractivity contribution in [3.05, 3.63) is 42.5 Å². The molecule has 1 radical (unpaired) electrons. The molecule has 1 heteroatoms. The fourth-order valence-corrected chi connectivity index (χ4v) is 1.03. The Labute approximate surface area is 80.7 Å². The summed E-state index contributed by atoms with van der Waals surface area (Å²) in [5.74, 6) is 0.604. The van der Waals surface area contributed by atoms with Crippen LogP contribution in [0.25, 0.3) is 0 Å². The summed E-state index contributed by atoms with van der Waals surface area (Å²) in [6, 6.07) is 10.3. The van der Waals surface area contributed by atoms with Crippen molar-refractivity contribution in [1.82, 2.24) is 0 Å². The number of hydrogen-bond donors (Lipinski definition) is 0. The zero-order valence-electron chi connectivity index (χ0n) is 8.36. The van der Waals surface area contributed by atoms with E-state index in [9.17, 15) is 0 Å². The topological polar surface area (TPSA) is 9.23 Å². The van der Waals surface area contributed by atoms with Crippen molar-refractivity contribution in [3.63, 3.8) is 0 Å². The molecule has 0 saturated carbocycles. The van der Waals surface area contributed by atoms with Crippen LogP contribution in [0.3, 0.4) is 0 Å². The average Bonchev–Trinajstić information content (AvgIpc) is 2.14. The highest BCUT2D eigenvalue weighted by Gasteiger charge is 1.95. The Kier molecular flexibility index (Phi) is 4.55. The highest BCUT2D eigenvalue weighted by Crippen LogP contribution is 2.03. The summed E-state index contributed by atoms with van der Waals surface area (Å²) in [6.45, 7) is 6.99. The van der Waals surface area contributed by atoms with Gasteiger partial charge in [-0.1, -0.05) is 44.2 Å². The summed E-state index contributed by atoms with van der Waals surface area (Å²) >= 11 is 0. The Hall–Kier alpha value is -0.820. The lowest BCUT2D eigenvalue weighted by molar-refractivity contribution is 0.165. The van der Waals surface area contributed by atoms with Crippen LogP contribution >= 0.6 is 0 Å². The van der Waals surface area contributed by atoms with Gasteiger partial charge < -0.3 is 4.74 Å². The van der Waals surface area contributed by atoms with Gasteiger partial charge in [0, 0.05) is 13.0 Å². The van der Waals surface area contributed by atoms with Gasteiger partial charge in [-0.05, 0) is 11.5 Å². The molecule has 0 fully saturated rings. The molecule has 1 nitrogen and oxygen atoms in total. The van der Waals surface area contributed by atoms with Crippen LogP contribution in [-0.4, -0.2) is 6.61 Å². The predicted octanol–water partition coefficient (Wildman–Crippen LogP) is 3.06. The summed E-state index contributed by atoms with van der Waals surface area (Å²) in [6.07, 6.45) is 0.896. The molecule has 0 unspecified atom stereocenters. The summed E-state index contributed by atoms with van der Waals surface area (Å²) in [5.41, 5.74) is 1.30. The molecule has 0 amide bonds. The van der Waals surface area contributed by atoms with E-state index in [1.54, 1.807) is 0 Å². The first kappa shape index (κ1) is 10.3. The molecule has 0 saturated heterocycles. The average molecular weight is 177 g/mol. The third-order valence-corrected chi connectivity index (χ3v) is 1.71. The summed E-state index contributed by atoms with van der Waals surface area (Å²) in [7, 11) is 0. The predicted molar refractivity (Wildman–Crippen MR) is 55.2 cm³/mol. The zero-order chi connectivity index (χ0) is 9.52. The Morgan fingerprint density at radius 2 is 1.92 bits per heavy atom. The van der Waals surface area contributed by atoms with Crippen LogP contribution in [0.1, 0.15) is 19.4 Å². The minimum absolute atomic E-state index is 0.604. The lowest BCUT2D eigenvalue weighted by atomic mass is 10.2. The number of benzene rings is 1. The maximum Gasteiger partial charge on any atom is 0.0880 e. The largest absolute Gasteiger partial charge is 0.375 e. The van der Waals surface area contributed by atoms with E-state index in [4.69, 9.17) is 4.74 Å². The van der Waals surface area contributed by atoms with Crippen LogP contribution < -0.4 is 0 Å². The Morgan fingerprint density at radius 3 is 2.54 bits per heavy atom. The molecule has 71 valence electrons. The molecule has 0 aliphatic carbocycles. The van der Waals surface area contributed by atoms with E-state index in [0.717, 1.165) is 13.0 Å². The Bertz CT molecular complexity index is 216. The quantitative estimate of drug-likeness (QED) is 0.628. The molecular formula is C12H17O. The highest BCUT2D eigenvalue weighted by atomic mass is 16.5. The van der Waals surface area contributed by atoms with Gasteiger partial charge in [0.05, 0.1) is 6.61 Å². The van der Waals surface area contributed by atoms with Crippen molar-refractivity contribution in [2.24, 2.45) is 5.92 Å². The second-order valence-electron chi connectivity index (χ2n) is 3.58. The van der Waals surface area contributed by atoms with Gasteiger partial charge in [-0.3, -0.25) is 0 Å². The molecule has 0 bridgehead atoms. The molecule has 0 N–H and O–H groups in total. The van der Waals surface area contributed by atoms with Gasteiger partial charge in [-0.15, -0.1) is 0 Å². The van der Waals surface area contributed by atoms with Crippen LogP contribution in [0.4, 0.5) is 0 Å². The van der Waals surface area contributed by atoms with Crippen molar-refractivity contribution in [1.29, 1.82) is 0 Å². The maximum absolute atomic E-state index is 5.37. The molecule has 1 aromatic carbocycles. The van der Waals surface area contributed by atoms with Gasteiger partial charge in [0.15, 0.2) is 0 Å². The SMILES string of the molecule is CC(C)CO[CH]Cc1ccccc1. The molecule has 0 aromatic heterocycles. The maximum atomic E-state index is 5.37. The fraction of sp³-hybridized carbons (Fsp3) is 0.417. The first-order valence-corrected chi connectivity index (χ1v) is 4.76. The van der Waals surface area contributed by atoms with Crippen molar-refractivity contribution < 1.29 is 4.74 Å². The lowest BCUT2D eigenvalue weighted by Gasteiger charge is -2.05. The van der Waals surface area contributed by atoms with Gasteiger partial charge in [-0.2, -0.15) is 0 Å². The lowest BCUT2D eigenvalue weighted by Crippen LogP contribution is -2.00. The molecule has 1 aromatic rings. The van der Waals surface area contributed by atoms with Crippen LogP contribution in [0.2, 0.25) is 0 Å². The molecule has 0 spiro atoms. The van der Waals surface area contributed by atoms with Gasteiger partial charge in [-0.25, -0.2) is 0 Å². The fourth-order valence-electron chi connectivity index (χ4n) is 1.03. The Balaban J connectivity index is 2.13. The van der Waals surface area contributed by atoms with Gasteiger partial charge in [0.2, 0.25) is 0 Å². The summed E-state index contributed by atoms with van der Waals surface area (Å²) in [4.78, 5) is 0. The minimum atomic E-state index is 0.604.